The standard InChI is InChI=1S/C69H131NO18/c1-3-5-7-9-11-13-15-17-19-21-23-25-27-28-30-32-34-36-38-40-42-44-46-53(74)52(70-57(75)47-45-43-41-39-37-35-33-31-29-26-24-22-20-18-16-14-12-10-8-6-4-2)51-83-67-63(81)60(78)65(55(49-72)85-67)88-69-64(82)61(79)66(56(50-73)86-69)87-68-62(80)59(77)58(76)54(48-71)84-68/h44,46,52-56,58-69,71-74,76-82H,3-43,45,47-51H2,1-2H3,(H,70,75)/b46-44+. The Morgan fingerprint density at radius 3 is 1.07 bits per heavy atom. The van der Waals surface area contributed by atoms with Gasteiger partial charge in [0.05, 0.1) is 38.6 Å². The minimum absolute atomic E-state index is 0.250. The van der Waals surface area contributed by atoms with Crippen LogP contribution in [0.3, 0.4) is 0 Å². The van der Waals surface area contributed by atoms with E-state index in [0.717, 1.165) is 44.9 Å². The van der Waals surface area contributed by atoms with Gasteiger partial charge < -0.3 is 89.9 Å². The lowest BCUT2D eigenvalue weighted by Gasteiger charge is -2.48. The Hall–Kier alpha value is -1.47. The Morgan fingerprint density at radius 1 is 0.398 bits per heavy atom. The van der Waals surface area contributed by atoms with Crippen LogP contribution in [0.25, 0.3) is 0 Å². The van der Waals surface area contributed by atoms with Gasteiger partial charge >= 0.3 is 0 Å². The second-order valence-electron chi connectivity index (χ2n) is 26.1. The first kappa shape index (κ1) is 80.8. The average Bonchev–Trinajstić information content (AvgIpc) is 3.71. The molecule has 3 aliphatic rings. The van der Waals surface area contributed by atoms with E-state index >= 15 is 0 Å². The molecule has 1 amide bonds. The third kappa shape index (κ3) is 33.6. The van der Waals surface area contributed by atoms with Crippen molar-refractivity contribution in [1.29, 1.82) is 0 Å². The minimum Gasteiger partial charge on any atom is -0.394 e. The highest BCUT2D eigenvalue weighted by Gasteiger charge is 2.53. The molecule has 88 heavy (non-hydrogen) atoms. The molecule has 3 fully saturated rings. The number of carbonyl (C=O) groups is 1. The molecule has 520 valence electrons. The third-order valence-electron chi connectivity index (χ3n) is 18.3. The number of aliphatic hydroxyl groups is 11. The molecule has 3 saturated heterocycles. The Labute approximate surface area is 531 Å². The molecule has 19 nitrogen and oxygen atoms in total. The fraction of sp³-hybridized carbons (Fsp3) is 0.957. The molecule has 0 aliphatic carbocycles. The number of carbonyl (C=O) groups excluding carboxylic acids is 1. The second-order valence-corrected chi connectivity index (χ2v) is 26.1. The van der Waals surface area contributed by atoms with E-state index in [-0.39, 0.29) is 18.9 Å². The molecule has 19 heteroatoms. The van der Waals surface area contributed by atoms with E-state index in [9.17, 15) is 61.0 Å². The Kier molecular flexibility index (Phi) is 47.6. The van der Waals surface area contributed by atoms with E-state index in [0.29, 0.717) is 6.42 Å². The highest BCUT2D eigenvalue weighted by molar-refractivity contribution is 5.76. The number of amides is 1. The molecule has 0 saturated carbocycles. The van der Waals surface area contributed by atoms with Crippen LogP contribution < -0.4 is 5.32 Å². The van der Waals surface area contributed by atoms with Crippen molar-refractivity contribution in [3.8, 4) is 0 Å². The molecule has 3 heterocycles. The smallest absolute Gasteiger partial charge is 0.220 e. The van der Waals surface area contributed by atoms with Crippen molar-refractivity contribution >= 4 is 5.91 Å². The zero-order valence-electron chi connectivity index (χ0n) is 55.0. The number of hydrogen-bond acceptors (Lipinski definition) is 18. The van der Waals surface area contributed by atoms with Crippen molar-refractivity contribution in [3.05, 3.63) is 12.2 Å². The highest BCUT2D eigenvalue weighted by Crippen LogP contribution is 2.33. The van der Waals surface area contributed by atoms with E-state index in [4.69, 9.17) is 28.4 Å². The molecule has 12 N–H and O–H groups in total. The molecule has 0 aromatic carbocycles. The van der Waals surface area contributed by atoms with Crippen LogP contribution in [0.2, 0.25) is 0 Å². The van der Waals surface area contributed by atoms with E-state index in [2.05, 4.69) is 19.2 Å². The van der Waals surface area contributed by atoms with Gasteiger partial charge in [0, 0.05) is 6.42 Å². The number of unbranched alkanes of at least 4 members (excludes halogenated alkanes) is 40. The summed E-state index contributed by atoms with van der Waals surface area (Å²) in [5, 5.41) is 121. The zero-order valence-corrected chi connectivity index (χ0v) is 55.0. The molecule has 0 bridgehead atoms. The van der Waals surface area contributed by atoms with E-state index < -0.39 is 124 Å². The SMILES string of the molecule is CCCCCCCCCCCCCCCCCCCCCC/C=C/C(O)C(COC1OC(CO)C(OC2OC(CO)C(OC3OC(CO)C(O)C(O)C3O)C(O)C2O)C(O)C1O)NC(=O)CCCCCCCCCCCCCCCCCCCCCCC. The zero-order chi connectivity index (χ0) is 64.0. The van der Waals surface area contributed by atoms with Gasteiger partial charge in [-0.25, -0.2) is 0 Å². The summed E-state index contributed by atoms with van der Waals surface area (Å²) in [5.74, 6) is -0.268. The molecule has 17 unspecified atom stereocenters. The largest absolute Gasteiger partial charge is 0.394 e. The maximum atomic E-state index is 13.4. The van der Waals surface area contributed by atoms with Gasteiger partial charge in [-0.2, -0.15) is 0 Å². The molecule has 0 radical (unpaired) electrons. The molecule has 0 aromatic rings. The molecule has 17 atom stereocenters. The molecule has 3 aliphatic heterocycles. The molecule has 0 aromatic heterocycles. The van der Waals surface area contributed by atoms with Gasteiger partial charge in [-0.05, 0) is 19.3 Å². The number of hydrogen-bond donors (Lipinski definition) is 12. The van der Waals surface area contributed by atoms with Crippen LogP contribution in [0.4, 0.5) is 0 Å². The van der Waals surface area contributed by atoms with Gasteiger partial charge in [-0.15, -0.1) is 0 Å². The van der Waals surface area contributed by atoms with Gasteiger partial charge in [0.15, 0.2) is 18.9 Å². The maximum Gasteiger partial charge on any atom is 0.220 e. The van der Waals surface area contributed by atoms with Crippen molar-refractivity contribution in [2.24, 2.45) is 0 Å². The van der Waals surface area contributed by atoms with Crippen LogP contribution in [-0.2, 0) is 33.2 Å². The lowest BCUT2D eigenvalue weighted by Crippen LogP contribution is -2.66. The number of ether oxygens (including phenoxy) is 6. The van der Waals surface area contributed by atoms with Crippen molar-refractivity contribution in [3.63, 3.8) is 0 Å². The summed E-state index contributed by atoms with van der Waals surface area (Å²) in [4.78, 5) is 13.4. The van der Waals surface area contributed by atoms with Crippen molar-refractivity contribution < 1.29 is 89.4 Å². The van der Waals surface area contributed by atoms with Crippen LogP contribution in [0.15, 0.2) is 12.2 Å². The lowest BCUT2D eigenvalue weighted by atomic mass is 9.96. The Bertz CT molecular complexity index is 1650. The molecule has 3 rings (SSSR count). The molecular formula is C69H131NO18. The normalized spacial score (nSPS) is 28.4. The van der Waals surface area contributed by atoms with Crippen LogP contribution in [0.5, 0.6) is 0 Å². The van der Waals surface area contributed by atoms with Gasteiger partial charge in [0.2, 0.25) is 5.91 Å². The predicted molar refractivity (Wildman–Crippen MR) is 342 cm³/mol. The molecule has 0 spiro atoms. The quantitative estimate of drug-likeness (QED) is 0.0199. The minimum atomic E-state index is -1.98. The summed E-state index contributed by atoms with van der Waals surface area (Å²) in [5.41, 5.74) is 0. The predicted octanol–water partition coefficient (Wildman–Crippen LogP) is 9.67. The summed E-state index contributed by atoms with van der Waals surface area (Å²) < 4.78 is 34.4. The number of rotatable bonds is 56. The molecular weight excluding hydrogens is 1130 g/mol. The van der Waals surface area contributed by atoms with E-state index in [1.54, 1.807) is 6.08 Å². The fourth-order valence-electron chi connectivity index (χ4n) is 12.5. The van der Waals surface area contributed by atoms with Crippen LogP contribution >= 0.6 is 0 Å². The van der Waals surface area contributed by atoms with Crippen molar-refractivity contribution in [1.82, 2.24) is 5.32 Å². The lowest BCUT2D eigenvalue weighted by molar-refractivity contribution is -0.379. The summed E-state index contributed by atoms with van der Waals surface area (Å²) >= 11 is 0. The van der Waals surface area contributed by atoms with Gasteiger partial charge in [0.1, 0.15) is 73.2 Å². The van der Waals surface area contributed by atoms with E-state index in [1.807, 2.05) is 6.08 Å². The Balaban J connectivity index is 1.43. The maximum absolute atomic E-state index is 13.4. The fourth-order valence-corrected chi connectivity index (χ4v) is 12.5. The summed E-state index contributed by atoms with van der Waals surface area (Å²) in [6, 6.07) is -0.969. The van der Waals surface area contributed by atoms with Gasteiger partial charge in [-0.3, -0.25) is 4.79 Å². The first-order valence-electron chi connectivity index (χ1n) is 35.9. The third-order valence-corrected chi connectivity index (χ3v) is 18.3. The first-order chi connectivity index (χ1) is 42.8. The first-order valence-corrected chi connectivity index (χ1v) is 35.9. The average molecular weight is 1260 g/mol. The van der Waals surface area contributed by atoms with Gasteiger partial charge in [-0.1, -0.05) is 276 Å². The van der Waals surface area contributed by atoms with Crippen molar-refractivity contribution in [2.45, 2.75) is 394 Å². The van der Waals surface area contributed by atoms with Crippen LogP contribution in [0.1, 0.15) is 290 Å². The second kappa shape index (κ2) is 51.9. The van der Waals surface area contributed by atoms with Crippen molar-refractivity contribution in [2.75, 3.05) is 26.4 Å². The summed E-state index contributed by atoms with van der Waals surface area (Å²) in [6.07, 6.45) is 30.4. The topological polar surface area (TPSA) is 307 Å². The summed E-state index contributed by atoms with van der Waals surface area (Å²) in [6.45, 7) is 1.78. The van der Waals surface area contributed by atoms with Crippen LogP contribution in [-0.4, -0.2) is 193 Å². The monoisotopic (exact) mass is 1260 g/mol. The van der Waals surface area contributed by atoms with Gasteiger partial charge in [0.25, 0.3) is 0 Å². The number of nitrogens with one attached hydrogen (secondary N) is 1. The number of aliphatic hydroxyl groups excluding tert-OH is 11. The summed E-state index contributed by atoms with van der Waals surface area (Å²) in [7, 11) is 0. The number of allylic oxidation sites excluding steroid dienone is 1. The van der Waals surface area contributed by atoms with Crippen LogP contribution in [0, 0.1) is 0 Å². The Morgan fingerprint density at radius 2 is 0.705 bits per heavy atom. The van der Waals surface area contributed by atoms with E-state index in [1.165, 1.54) is 218 Å². The highest BCUT2D eigenvalue weighted by atomic mass is 16.8.